The number of hydrogen-bond donors (Lipinski definition) is 1. The molecule has 0 heterocycles. The van der Waals surface area contributed by atoms with Crippen molar-refractivity contribution in [1.82, 2.24) is 10.2 Å². The fourth-order valence-electron chi connectivity index (χ4n) is 3.76. The van der Waals surface area contributed by atoms with Crippen LogP contribution < -0.4 is 5.32 Å². The lowest BCUT2D eigenvalue weighted by Gasteiger charge is -2.30. The van der Waals surface area contributed by atoms with Crippen molar-refractivity contribution in [3.05, 3.63) is 67.6 Å². The number of carbonyl (C=O) groups is 2. The Kier molecular flexibility index (Phi) is 8.51. The van der Waals surface area contributed by atoms with Gasteiger partial charge in [-0.15, -0.1) is 0 Å². The summed E-state index contributed by atoms with van der Waals surface area (Å²) >= 11 is 24.9. The first-order valence-corrected chi connectivity index (χ1v) is 11.7. The van der Waals surface area contributed by atoms with Crippen LogP contribution in [0.15, 0.2) is 36.4 Å². The predicted molar refractivity (Wildman–Crippen MR) is 127 cm³/mol. The van der Waals surface area contributed by atoms with Crippen molar-refractivity contribution in [1.29, 1.82) is 0 Å². The van der Waals surface area contributed by atoms with E-state index in [-0.39, 0.29) is 30.8 Å². The zero-order valence-electron chi connectivity index (χ0n) is 17.1. The first kappa shape index (κ1) is 24.2. The highest BCUT2D eigenvalue weighted by atomic mass is 35.5. The molecule has 0 aliphatic heterocycles. The molecular weight excluding hydrogens is 478 g/mol. The van der Waals surface area contributed by atoms with Gasteiger partial charge >= 0.3 is 0 Å². The summed E-state index contributed by atoms with van der Waals surface area (Å²) in [4.78, 5) is 27.8. The molecule has 31 heavy (non-hydrogen) atoms. The summed E-state index contributed by atoms with van der Waals surface area (Å²) in [5.41, 5.74) is 1.23. The molecule has 1 N–H and O–H groups in total. The number of nitrogens with one attached hydrogen (secondary N) is 1. The average Bonchev–Trinajstić information content (AvgIpc) is 3.22. The molecule has 0 aromatic heterocycles. The zero-order valence-corrected chi connectivity index (χ0v) is 20.2. The molecule has 0 saturated heterocycles. The van der Waals surface area contributed by atoms with Crippen molar-refractivity contribution in [3.8, 4) is 0 Å². The van der Waals surface area contributed by atoms with Gasteiger partial charge in [0.05, 0.1) is 6.42 Å². The molecule has 0 radical (unpaired) electrons. The molecule has 2 amide bonds. The van der Waals surface area contributed by atoms with Crippen LogP contribution in [-0.4, -0.2) is 28.8 Å². The Balaban J connectivity index is 1.85. The molecule has 1 aliphatic rings. The van der Waals surface area contributed by atoms with Gasteiger partial charge in [-0.1, -0.05) is 71.4 Å². The van der Waals surface area contributed by atoms with Gasteiger partial charge in [0.1, 0.15) is 6.04 Å². The minimum Gasteiger partial charge on any atom is -0.352 e. The smallest absolute Gasteiger partial charge is 0.242 e. The molecule has 1 saturated carbocycles. The minimum atomic E-state index is -0.702. The van der Waals surface area contributed by atoms with Crippen LogP contribution in [0, 0.1) is 0 Å². The molecule has 1 aliphatic carbocycles. The number of rotatable bonds is 7. The van der Waals surface area contributed by atoms with E-state index in [2.05, 4.69) is 5.32 Å². The lowest BCUT2D eigenvalue weighted by Crippen LogP contribution is -2.50. The summed E-state index contributed by atoms with van der Waals surface area (Å²) in [6, 6.07) is 9.61. The van der Waals surface area contributed by atoms with Gasteiger partial charge in [0.15, 0.2) is 0 Å². The van der Waals surface area contributed by atoms with Crippen molar-refractivity contribution in [2.45, 2.75) is 57.7 Å². The third-order valence-corrected chi connectivity index (χ3v) is 6.91. The molecule has 1 atom stereocenters. The largest absolute Gasteiger partial charge is 0.352 e. The van der Waals surface area contributed by atoms with E-state index in [1.165, 1.54) is 4.90 Å². The molecular formula is C23H24Cl4N2O2. The van der Waals surface area contributed by atoms with Gasteiger partial charge in [0, 0.05) is 38.2 Å². The fourth-order valence-corrected chi connectivity index (χ4v) is 4.75. The lowest BCUT2D eigenvalue weighted by atomic mass is 10.1. The number of nitrogens with zero attached hydrogens (tertiary/aromatic N) is 1. The molecule has 2 aromatic rings. The van der Waals surface area contributed by atoms with Gasteiger partial charge in [-0.25, -0.2) is 0 Å². The zero-order chi connectivity index (χ0) is 22.5. The summed E-state index contributed by atoms with van der Waals surface area (Å²) in [6.45, 7) is 1.83. The molecule has 8 heteroatoms. The van der Waals surface area contributed by atoms with Crippen molar-refractivity contribution < 1.29 is 9.59 Å². The van der Waals surface area contributed by atoms with Crippen molar-refractivity contribution in [2.24, 2.45) is 0 Å². The number of hydrogen-bond acceptors (Lipinski definition) is 2. The van der Waals surface area contributed by atoms with Crippen molar-refractivity contribution in [3.63, 3.8) is 0 Å². The van der Waals surface area contributed by atoms with E-state index in [1.54, 1.807) is 43.3 Å². The van der Waals surface area contributed by atoms with Gasteiger partial charge in [0.2, 0.25) is 11.8 Å². The fraction of sp³-hybridized carbons (Fsp3) is 0.391. The second kappa shape index (κ2) is 10.9. The predicted octanol–water partition coefficient (Wildman–Crippen LogP) is 6.32. The van der Waals surface area contributed by atoms with Crippen molar-refractivity contribution in [2.75, 3.05) is 0 Å². The molecule has 3 rings (SSSR count). The maximum absolute atomic E-state index is 13.3. The van der Waals surface area contributed by atoms with E-state index < -0.39 is 6.04 Å². The Labute approximate surface area is 202 Å². The second-order valence-electron chi connectivity index (χ2n) is 7.80. The molecule has 2 aromatic carbocycles. The third kappa shape index (κ3) is 6.29. The molecule has 0 bridgehead atoms. The Hall–Kier alpha value is -1.46. The molecule has 1 fully saturated rings. The maximum Gasteiger partial charge on any atom is 0.242 e. The summed E-state index contributed by atoms with van der Waals surface area (Å²) in [5.74, 6) is -0.445. The number of carbonyl (C=O) groups excluding carboxylic acids is 2. The third-order valence-electron chi connectivity index (χ3n) is 5.62. The SMILES string of the molecule is C[C@@H](C(=O)NC1CCCC1)N(Cc1c(Cl)cccc1Cl)C(=O)Cc1ccc(Cl)cc1Cl. The standard InChI is InChI=1S/C23H24Cl4N2O2/c1-14(23(31)28-17-5-2-3-6-17)29(13-18-19(25)7-4-8-20(18)26)22(30)11-15-9-10-16(24)12-21(15)27/h4,7-10,12,14,17H,2-3,5-6,11,13H2,1H3,(H,28,31)/t14-/m0/s1. The van der Waals surface area contributed by atoms with E-state index in [0.29, 0.717) is 31.2 Å². The Morgan fingerprint density at radius 1 is 1.03 bits per heavy atom. The van der Waals surface area contributed by atoms with Crippen LogP contribution in [-0.2, 0) is 22.6 Å². The van der Waals surface area contributed by atoms with Crippen LogP contribution in [0.25, 0.3) is 0 Å². The minimum absolute atomic E-state index is 0.0269. The average molecular weight is 502 g/mol. The van der Waals surface area contributed by atoms with Gasteiger partial charge in [0.25, 0.3) is 0 Å². The second-order valence-corrected chi connectivity index (χ2v) is 9.46. The van der Waals surface area contributed by atoms with Crippen molar-refractivity contribution >= 4 is 58.2 Å². The molecule has 0 unspecified atom stereocenters. The van der Waals surface area contributed by atoms with E-state index in [4.69, 9.17) is 46.4 Å². The van der Waals surface area contributed by atoms with E-state index in [1.807, 2.05) is 0 Å². The molecule has 4 nitrogen and oxygen atoms in total. The Morgan fingerprint density at radius 3 is 2.29 bits per heavy atom. The summed E-state index contributed by atoms with van der Waals surface area (Å²) < 4.78 is 0. The van der Waals surface area contributed by atoms with Gasteiger partial charge < -0.3 is 10.2 Å². The van der Waals surface area contributed by atoms with Crippen LogP contribution in [0.2, 0.25) is 20.1 Å². The Bertz CT molecular complexity index is 940. The quantitative estimate of drug-likeness (QED) is 0.482. The van der Waals surface area contributed by atoms with Crippen LogP contribution in [0.5, 0.6) is 0 Å². The maximum atomic E-state index is 13.3. The van der Waals surface area contributed by atoms with Crippen LogP contribution >= 0.6 is 46.4 Å². The van der Waals surface area contributed by atoms with Gasteiger partial charge in [-0.05, 0) is 49.6 Å². The number of halogens is 4. The van der Waals surface area contributed by atoms with Gasteiger partial charge in [-0.2, -0.15) is 0 Å². The molecule has 0 spiro atoms. The first-order chi connectivity index (χ1) is 14.8. The van der Waals surface area contributed by atoms with E-state index in [9.17, 15) is 9.59 Å². The molecule has 166 valence electrons. The highest BCUT2D eigenvalue weighted by Crippen LogP contribution is 2.28. The lowest BCUT2D eigenvalue weighted by molar-refractivity contribution is -0.140. The van der Waals surface area contributed by atoms with E-state index in [0.717, 1.165) is 25.7 Å². The number of amides is 2. The normalized spacial score (nSPS) is 15.0. The highest BCUT2D eigenvalue weighted by molar-refractivity contribution is 6.36. The number of benzene rings is 2. The van der Waals surface area contributed by atoms with Crippen LogP contribution in [0.1, 0.15) is 43.7 Å². The van der Waals surface area contributed by atoms with Gasteiger partial charge in [-0.3, -0.25) is 9.59 Å². The van der Waals surface area contributed by atoms with Crippen LogP contribution in [0.3, 0.4) is 0 Å². The summed E-state index contributed by atoms with van der Waals surface area (Å²) in [5, 5.41) is 4.85. The summed E-state index contributed by atoms with van der Waals surface area (Å²) in [6.07, 6.45) is 4.16. The highest BCUT2D eigenvalue weighted by Gasteiger charge is 2.29. The summed E-state index contributed by atoms with van der Waals surface area (Å²) in [7, 11) is 0. The topological polar surface area (TPSA) is 49.4 Å². The van der Waals surface area contributed by atoms with Crippen LogP contribution in [0.4, 0.5) is 0 Å². The van der Waals surface area contributed by atoms with E-state index >= 15 is 0 Å². The first-order valence-electron chi connectivity index (χ1n) is 10.2. The Morgan fingerprint density at radius 2 is 1.68 bits per heavy atom. The monoisotopic (exact) mass is 500 g/mol.